The van der Waals surface area contributed by atoms with Crippen molar-refractivity contribution in [2.24, 2.45) is 4.99 Å². The molecule has 0 radical (unpaired) electrons. The zero-order valence-corrected chi connectivity index (χ0v) is 19.3. The van der Waals surface area contributed by atoms with E-state index in [1.165, 1.54) is 12.1 Å². The normalized spacial score (nSPS) is 11.8. The molecule has 0 unspecified atom stereocenters. The molecule has 0 spiro atoms. The number of rotatable bonds is 8. The van der Waals surface area contributed by atoms with Crippen LogP contribution in [0.2, 0.25) is 0 Å². The maximum absolute atomic E-state index is 11.2. The summed E-state index contributed by atoms with van der Waals surface area (Å²) in [5.74, 6) is -0.113. The zero-order valence-electron chi connectivity index (χ0n) is 19.3. The number of nitro benzene ring substituents is 1. The molecule has 2 N–H and O–H groups in total. The molecule has 0 aliphatic rings. The molecule has 0 aliphatic carbocycles. The standard InChI is InChI=1S/C25H26N6O3/c1-29(2)13-14-30(3)19-8-6-18(7-9-19)27-24(17-5-4-12-26-16-17)23-21-11-10-20(31(33)34)15-22(21)28-25(23)32/h4-12,15-16,28,32H,13-14H2,1-3H3. The summed E-state index contributed by atoms with van der Waals surface area (Å²) in [5.41, 5.74) is 3.87. The number of aromatic hydroxyl groups is 1. The molecule has 2 aromatic carbocycles. The molecule has 174 valence electrons. The minimum Gasteiger partial charge on any atom is -0.494 e. The monoisotopic (exact) mass is 458 g/mol. The molecule has 9 heteroatoms. The molecule has 2 aromatic heterocycles. The molecule has 0 aliphatic heterocycles. The number of aliphatic imine (C=N–C) groups is 1. The Morgan fingerprint density at radius 3 is 2.53 bits per heavy atom. The van der Waals surface area contributed by atoms with Gasteiger partial charge in [-0.15, -0.1) is 0 Å². The number of nitrogens with zero attached hydrogens (tertiary/aromatic N) is 5. The molecule has 0 saturated heterocycles. The van der Waals surface area contributed by atoms with Crippen molar-refractivity contribution in [3.63, 3.8) is 0 Å². The average Bonchev–Trinajstić information content (AvgIpc) is 3.16. The van der Waals surface area contributed by atoms with Crippen molar-refractivity contribution in [1.29, 1.82) is 0 Å². The lowest BCUT2D eigenvalue weighted by Gasteiger charge is -2.21. The molecule has 9 nitrogen and oxygen atoms in total. The van der Waals surface area contributed by atoms with Gasteiger partial charge in [-0.25, -0.2) is 4.99 Å². The van der Waals surface area contributed by atoms with Gasteiger partial charge < -0.3 is 19.9 Å². The van der Waals surface area contributed by atoms with Crippen LogP contribution in [0.25, 0.3) is 10.9 Å². The maximum Gasteiger partial charge on any atom is 0.271 e. The quantitative estimate of drug-likeness (QED) is 0.231. The number of nitro groups is 1. The maximum atomic E-state index is 11.2. The molecule has 0 amide bonds. The molecule has 34 heavy (non-hydrogen) atoms. The third kappa shape index (κ3) is 4.89. The van der Waals surface area contributed by atoms with Crippen molar-refractivity contribution in [1.82, 2.24) is 14.9 Å². The van der Waals surface area contributed by atoms with E-state index in [2.05, 4.69) is 19.8 Å². The number of aromatic amines is 1. The first-order valence-electron chi connectivity index (χ1n) is 10.8. The summed E-state index contributed by atoms with van der Waals surface area (Å²) in [6, 6.07) is 16.0. The summed E-state index contributed by atoms with van der Waals surface area (Å²) in [4.78, 5) is 26.9. The number of aromatic nitrogens is 2. The molecule has 2 heterocycles. The Bertz CT molecular complexity index is 1330. The molecule has 0 saturated carbocycles. The van der Waals surface area contributed by atoms with Crippen LogP contribution in [-0.4, -0.2) is 64.8 Å². The largest absolute Gasteiger partial charge is 0.494 e. The Hall–Kier alpha value is -4.24. The molecule has 0 fully saturated rings. The van der Waals surface area contributed by atoms with Crippen molar-refractivity contribution in [3.8, 4) is 5.88 Å². The van der Waals surface area contributed by atoms with E-state index in [1.807, 2.05) is 51.5 Å². The summed E-state index contributed by atoms with van der Waals surface area (Å²) in [6.45, 7) is 1.84. The van der Waals surface area contributed by atoms with Crippen LogP contribution in [0.4, 0.5) is 17.1 Å². The van der Waals surface area contributed by atoms with Crippen molar-refractivity contribution in [2.45, 2.75) is 0 Å². The highest BCUT2D eigenvalue weighted by atomic mass is 16.6. The lowest BCUT2D eigenvalue weighted by Crippen LogP contribution is -2.28. The van der Waals surface area contributed by atoms with Crippen LogP contribution in [0.3, 0.4) is 0 Å². The third-order valence-electron chi connectivity index (χ3n) is 5.56. The zero-order chi connectivity index (χ0) is 24.2. The van der Waals surface area contributed by atoms with Gasteiger partial charge in [0.1, 0.15) is 0 Å². The van der Waals surface area contributed by atoms with Crippen molar-refractivity contribution in [3.05, 3.63) is 88.2 Å². The van der Waals surface area contributed by atoms with Gasteiger partial charge >= 0.3 is 0 Å². The van der Waals surface area contributed by atoms with E-state index >= 15 is 0 Å². The molecule has 4 aromatic rings. The fraction of sp³-hybridized carbons (Fsp3) is 0.200. The predicted octanol–water partition coefficient (Wildman–Crippen LogP) is 4.34. The Morgan fingerprint density at radius 2 is 1.88 bits per heavy atom. The number of anilines is 1. The van der Waals surface area contributed by atoms with Crippen LogP contribution in [0.1, 0.15) is 11.1 Å². The number of benzene rings is 2. The first kappa shape index (κ1) is 22.9. The van der Waals surface area contributed by atoms with Gasteiger partial charge in [0.2, 0.25) is 0 Å². The number of nitrogens with one attached hydrogen (secondary N) is 1. The summed E-state index contributed by atoms with van der Waals surface area (Å²) in [6.07, 6.45) is 3.34. The van der Waals surface area contributed by atoms with Gasteiger partial charge in [0.05, 0.1) is 27.4 Å². The van der Waals surface area contributed by atoms with E-state index in [9.17, 15) is 15.2 Å². The van der Waals surface area contributed by atoms with Gasteiger partial charge in [0.15, 0.2) is 5.88 Å². The van der Waals surface area contributed by atoms with E-state index < -0.39 is 4.92 Å². The highest BCUT2D eigenvalue weighted by molar-refractivity contribution is 6.21. The summed E-state index contributed by atoms with van der Waals surface area (Å²) < 4.78 is 0. The Morgan fingerprint density at radius 1 is 1.12 bits per heavy atom. The number of hydrogen-bond donors (Lipinski definition) is 2. The molecule has 0 atom stereocenters. The number of fused-ring (bicyclic) bond motifs is 1. The number of H-pyrrole nitrogens is 1. The molecule has 4 rings (SSSR count). The topological polar surface area (TPSA) is 111 Å². The second-order valence-electron chi connectivity index (χ2n) is 8.28. The van der Waals surface area contributed by atoms with Crippen LogP contribution in [0.5, 0.6) is 5.88 Å². The molecule has 0 bridgehead atoms. The lowest BCUT2D eigenvalue weighted by molar-refractivity contribution is -0.384. The van der Waals surface area contributed by atoms with E-state index in [0.29, 0.717) is 33.4 Å². The summed E-state index contributed by atoms with van der Waals surface area (Å²) in [7, 11) is 6.14. The summed E-state index contributed by atoms with van der Waals surface area (Å²) >= 11 is 0. The van der Waals surface area contributed by atoms with Gasteiger partial charge in [0.25, 0.3) is 5.69 Å². The smallest absolute Gasteiger partial charge is 0.271 e. The fourth-order valence-electron chi connectivity index (χ4n) is 3.68. The predicted molar refractivity (Wildman–Crippen MR) is 134 cm³/mol. The first-order valence-corrected chi connectivity index (χ1v) is 10.8. The van der Waals surface area contributed by atoms with E-state index in [0.717, 1.165) is 18.8 Å². The Labute approximate surface area is 197 Å². The molecular formula is C25H26N6O3. The van der Waals surface area contributed by atoms with Crippen molar-refractivity contribution < 1.29 is 10.0 Å². The highest BCUT2D eigenvalue weighted by Gasteiger charge is 2.20. The highest BCUT2D eigenvalue weighted by Crippen LogP contribution is 2.33. The van der Waals surface area contributed by atoms with Crippen molar-refractivity contribution in [2.75, 3.05) is 39.1 Å². The average molecular weight is 459 g/mol. The van der Waals surface area contributed by atoms with Gasteiger partial charge in [-0.2, -0.15) is 0 Å². The first-order chi connectivity index (χ1) is 16.3. The Kier molecular flexibility index (Phi) is 6.55. The minimum absolute atomic E-state index is 0.0610. The van der Waals surface area contributed by atoms with E-state index in [-0.39, 0.29) is 11.6 Å². The van der Waals surface area contributed by atoms with Crippen LogP contribution in [-0.2, 0) is 0 Å². The molecular weight excluding hydrogens is 432 g/mol. The van der Waals surface area contributed by atoms with Gasteiger partial charge in [-0.3, -0.25) is 15.1 Å². The van der Waals surface area contributed by atoms with E-state index in [4.69, 9.17) is 4.99 Å². The SMILES string of the molecule is CN(C)CCN(C)c1ccc(N=C(c2cccnc2)c2c(O)[nH]c3cc([N+](=O)[O-])ccc23)cc1. The Balaban J connectivity index is 1.77. The third-order valence-corrected chi connectivity index (χ3v) is 5.56. The van der Waals surface area contributed by atoms with Crippen LogP contribution >= 0.6 is 0 Å². The number of pyridine rings is 1. The second-order valence-corrected chi connectivity index (χ2v) is 8.28. The number of likely N-dealkylation sites (N-methyl/N-ethyl adjacent to an activating group) is 2. The van der Waals surface area contributed by atoms with Crippen LogP contribution in [0, 0.1) is 10.1 Å². The van der Waals surface area contributed by atoms with Gasteiger partial charge in [-0.1, -0.05) is 0 Å². The second kappa shape index (κ2) is 9.72. The van der Waals surface area contributed by atoms with Gasteiger partial charge in [0, 0.05) is 61.3 Å². The van der Waals surface area contributed by atoms with Crippen LogP contribution < -0.4 is 4.90 Å². The number of hydrogen-bond acceptors (Lipinski definition) is 7. The van der Waals surface area contributed by atoms with Crippen molar-refractivity contribution >= 4 is 33.7 Å². The van der Waals surface area contributed by atoms with Gasteiger partial charge in [-0.05, 0) is 56.6 Å². The minimum atomic E-state index is -0.468. The number of non-ortho nitro benzene ring substituents is 1. The van der Waals surface area contributed by atoms with E-state index in [1.54, 1.807) is 24.5 Å². The summed E-state index contributed by atoms with van der Waals surface area (Å²) in [5, 5.41) is 22.6. The fourth-order valence-corrected chi connectivity index (χ4v) is 3.68. The lowest BCUT2D eigenvalue weighted by atomic mass is 10.0. The van der Waals surface area contributed by atoms with Crippen LogP contribution in [0.15, 0.2) is 72.0 Å².